The molecule has 1 aliphatic rings. The van der Waals surface area contributed by atoms with E-state index in [1.165, 1.54) is 0 Å². The van der Waals surface area contributed by atoms with Gasteiger partial charge in [0.05, 0.1) is 0 Å². The number of hydrogen-bond acceptors (Lipinski definition) is 3. The molecule has 0 bridgehead atoms. The Hall–Kier alpha value is -2.69. The summed E-state index contributed by atoms with van der Waals surface area (Å²) < 4.78 is 0. The van der Waals surface area contributed by atoms with Gasteiger partial charge in [0.25, 0.3) is 5.91 Å². The van der Waals surface area contributed by atoms with E-state index in [1.807, 2.05) is 37.3 Å². The van der Waals surface area contributed by atoms with Crippen LogP contribution in [-0.2, 0) is 4.79 Å². The first-order valence-corrected chi connectivity index (χ1v) is 7.26. The molecular weight excluding hydrogens is 278 g/mol. The zero-order valence-electron chi connectivity index (χ0n) is 12.3. The number of nitrogens with one attached hydrogen (secondary N) is 1. The van der Waals surface area contributed by atoms with Crippen LogP contribution in [0.15, 0.2) is 54.9 Å². The molecular formula is C17H17N3O2. The maximum Gasteiger partial charge on any atom is 0.252 e. The van der Waals surface area contributed by atoms with Gasteiger partial charge in [-0.3, -0.25) is 14.6 Å². The maximum atomic E-state index is 12.6. The normalized spacial score (nSPS) is 21.0. The van der Waals surface area contributed by atoms with Crippen molar-refractivity contribution in [1.29, 1.82) is 0 Å². The predicted molar refractivity (Wildman–Crippen MR) is 83.5 cm³/mol. The van der Waals surface area contributed by atoms with Gasteiger partial charge in [0, 0.05) is 29.7 Å². The molecule has 0 unspecified atom stereocenters. The van der Waals surface area contributed by atoms with Gasteiger partial charge in [-0.25, -0.2) is 0 Å². The molecule has 1 fully saturated rings. The molecule has 1 aromatic carbocycles. The van der Waals surface area contributed by atoms with Crippen molar-refractivity contribution in [2.24, 2.45) is 0 Å². The van der Waals surface area contributed by atoms with E-state index in [2.05, 4.69) is 10.3 Å². The lowest BCUT2D eigenvalue weighted by Gasteiger charge is -2.21. The highest BCUT2D eigenvalue weighted by Gasteiger charge is 2.38. The predicted octanol–water partition coefficient (Wildman–Crippen LogP) is 2.01. The molecule has 0 spiro atoms. The standard InChI is InChI=1S/C17H17N3O2/c1-12-11-15(19-16(21)13-7-9-18-10-8-13)17(22)20(12)14-5-3-2-4-6-14/h2-10,12,15H,11H2,1H3,(H,19,21)/t12-,15+/m1/s1. The van der Waals surface area contributed by atoms with Gasteiger partial charge >= 0.3 is 0 Å². The summed E-state index contributed by atoms with van der Waals surface area (Å²) in [5.74, 6) is -0.316. The number of carbonyl (C=O) groups excluding carboxylic acids is 2. The van der Waals surface area contributed by atoms with Gasteiger partial charge in [0.15, 0.2) is 0 Å². The monoisotopic (exact) mass is 295 g/mol. The third-order valence-corrected chi connectivity index (χ3v) is 3.84. The van der Waals surface area contributed by atoms with Crippen LogP contribution in [0.2, 0.25) is 0 Å². The average Bonchev–Trinajstić information content (AvgIpc) is 2.83. The minimum Gasteiger partial charge on any atom is -0.340 e. The maximum absolute atomic E-state index is 12.6. The van der Waals surface area contributed by atoms with Crippen LogP contribution in [0.4, 0.5) is 5.69 Å². The third kappa shape index (κ3) is 2.70. The Labute approximate surface area is 129 Å². The van der Waals surface area contributed by atoms with E-state index in [4.69, 9.17) is 0 Å². The number of pyridine rings is 1. The van der Waals surface area contributed by atoms with Crippen LogP contribution in [0, 0.1) is 0 Å². The molecule has 2 atom stereocenters. The smallest absolute Gasteiger partial charge is 0.252 e. The number of nitrogens with zero attached hydrogens (tertiary/aromatic N) is 2. The van der Waals surface area contributed by atoms with Gasteiger partial charge in [-0.2, -0.15) is 0 Å². The number of carbonyl (C=O) groups is 2. The first-order chi connectivity index (χ1) is 10.7. The SMILES string of the molecule is C[C@@H]1C[C@H](NC(=O)c2ccncc2)C(=O)N1c1ccccc1. The molecule has 2 aromatic rings. The molecule has 1 aromatic heterocycles. The third-order valence-electron chi connectivity index (χ3n) is 3.84. The van der Waals surface area contributed by atoms with Gasteiger partial charge in [0.2, 0.25) is 5.91 Å². The fourth-order valence-corrected chi connectivity index (χ4v) is 2.77. The van der Waals surface area contributed by atoms with E-state index >= 15 is 0 Å². The zero-order valence-corrected chi connectivity index (χ0v) is 12.3. The lowest BCUT2D eigenvalue weighted by atomic mass is 10.1. The van der Waals surface area contributed by atoms with Crippen molar-refractivity contribution in [2.75, 3.05) is 4.90 Å². The number of para-hydroxylation sites is 1. The summed E-state index contributed by atoms with van der Waals surface area (Å²) >= 11 is 0. The van der Waals surface area contributed by atoms with Crippen LogP contribution >= 0.6 is 0 Å². The minimum atomic E-state index is -0.490. The highest BCUT2D eigenvalue weighted by atomic mass is 16.2. The van der Waals surface area contributed by atoms with Crippen molar-refractivity contribution >= 4 is 17.5 Å². The number of benzene rings is 1. The van der Waals surface area contributed by atoms with Crippen molar-refractivity contribution in [3.8, 4) is 0 Å². The number of anilines is 1. The molecule has 0 saturated carbocycles. The quantitative estimate of drug-likeness (QED) is 0.942. The van der Waals surface area contributed by atoms with E-state index in [0.717, 1.165) is 5.69 Å². The Kier molecular flexibility index (Phi) is 3.87. The summed E-state index contributed by atoms with van der Waals surface area (Å²) in [6.07, 6.45) is 3.72. The Morgan fingerprint density at radius 1 is 1.18 bits per heavy atom. The first-order valence-electron chi connectivity index (χ1n) is 7.26. The summed E-state index contributed by atoms with van der Waals surface area (Å²) in [6, 6.07) is 12.4. The summed E-state index contributed by atoms with van der Waals surface area (Å²) in [7, 11) is 0. The molecule has 5 nitrogen and oxygen atoms in total. The van der Waals surface area contributed by atoms with Gasteiger partial charge in [-0.15, -0.1) is 0 Å². The van der Waals surface area contributed by atoms with E-state index < -0.39 is 6.04 Å². The molecule has 112 valence electrons. The van der Waals surface area contributed by atoms with E-state index in [0.29, 0.717) is 12.0 Å². The van der Waals surface area contributed by atoms with Crippen molar-refractivity contribution < 1.29 is 9.59 Å². The van der Waals surface area contributed by atoms with E-state index in [1.54, 1.807) is 29.4 Å². The molecule has 5 heteroatoms. The lowest BCUT2D eigenvalue weighted by Crippen LogP contribution is -2.41. The molecule has 1 N–H and O–H groups in total. The van der Waals surface area contributed by atoms with Gasteiger partial charge in [-0.1, -0.05) is 18.2 Å². The minimum absolute atomic E-state index is 0.0534. The molecule has 3 rings (SSSR count). The van der Waals surface area contributed by atoms with Crippen molar-refractivity contribution in [2.45, 2.75) is 25.4 Å². The molecule has 1 aliphatic heterocycles. The summed E-state index contributed by atoms with van der Waals surface area (Å²) in [6.45, 7) is 1.99. The molecule has 1 saturated heterocycles. The second-order valence-corrected chi connectivity index (χ2v) is 5.39. The van der Waals surface area contributed by atoms with E-state index in [9.17, 15) is 9.59 Å². The zero-order chi connectivity index (χ0) is 15.5. The second kappa shape index (κ2) is 5.97. The summed E-state index contributed by atoms with van der Waals surface area (Å²) in [5.41, 5.74) is 1.37. The van der Waals surface area contributed by atoms with Crippen molar-refractivity contribution in [3.63, 3.8) is 0 Å². The van der Waals surface area contributed by atoms with Crippen LogP contribution in [-0.4, -0.2) is 28.9 Å². The molecule has 2 amide bonds. The highest BCUT2D eigenvalue weighted by molar-refractivity contribution is 6.04. The molecule has 22 heavy (non-hydrogen) atoms. The van der Waals surface area contributed by atoms with Crippen LogP contribution in [0.3, 0.4) is 0 Å². The van der Waals surface area contributed by atoms with E-state index in [-0.39, 0.29) is 17.9 Å². The Balaban J connectivity index is 1.74. The lowest BCUT2D eigenvalue weighted by molar-refractivity contribution is -0.118. The fraction of sp³-hybridized carbons (Fsp3) is 0.235. The number of aromatic nitrogens is 1. The average molecular weight is 295 g/mol. The molecule has 0 radical (unpaired) electrons. The second-order valence-electron chi connectivity index (χ2n) is 5.39. The fourth-order valence-electron chi connectivity index (χ4n) is 2.77. The Morgan fingerprint density at radius 2 is 1.86 bits per heavy atom. The topological polar surface area (TPSA) is 62.3 Å². The van der Waals surface area contributed by atoms with Crippen LogP contribution in [0.25, 0.3) is 0 Å². The Bertz CT molecular complexity index is 673. The van der Waals surface area contributed by atoms with Crippen LogP contribution in [0.1, 0.15) is 23.7 Å². The molecule has 0 aliphatic carbocycles. The van der Waals surface area contributed by atoms with Crippen LogP contribution in [0.5, 0.6) is 0 Å². The Morgan fingerprint density at radius 3 is 2.55 bits per heavy atom. The van der Waals surface area contributed by atoms with Gasteiger partial charge < -0.3 is 10.2 Å². The number of rotatable bonds is 3. The molecule has 2 heterocycles. The largest absolute Gasteiger partial charge is 0.340 e. The summed E-state index contributed by atoms with van der Waals surface area (Å²) in [4.78, 5) is 30.4. The van der Waals surface area contributed by atoms with Gasteiger partial charge in [-0.05, 0) is 37.6 Å². The number of hydrogen-bond donors (Lipinski definition) is 1. The van der Waals surface area contributed by atoms with Crippen molar-refractivity contribution in [3.05, 3.63) is 60.4 Å². The summed E-state index contributed by atoms with van der Waals surface area (Å²) in [5, 5.41) is 2.82. The first kappa shape index (κ1) is 14.3. The van der Waals surface area contributed by atoms with Gasteiger partial charge in [0.1, 0.15) is 6.04 Å². The van der Waals surface area contributed by atoms with Crippen molar-refractivity contribution in [1.82, 2.24) is 10.3 Å². The highest BCUT2D eigenvalue weighted by Crippen LogP contribution is 2.26. The number of amides is 2. The van der Waals surface area contributed by atoms with Crippen LogP contribution < -0.4 is 10.2 Å².